The lowest BCUT2D eigenvalue weighted by molar-refractivity contribution is -0.161. The molecule has 0 aliphatic heterocycles. The molecule has 1 rings (SSSR count). The number of phosphoric acid groups is 1. The van der Waals surface area contributed by atoms with Gasteiger partial charge in [0.25, 0.3) is 0 Å². The van der Waals surface area contributed by atoms with Gasteiger partial charge in [0.2, 0.25) is 0 Å². The zero-order chi connectivity index (χ0) is 43.0. The van der Waals surface area contributed by atoms with Crippen LogP contribution in [0.3, 0.4) is 0 Å². The van der Waals surface area contributed by atoms with Crippen molar-refractivity contribution in [1.29, 1.82) is 0 Å². The number of unbranched alkanes of at least 4 members (excludes halogenated alkanes) is 14. The monoisotopic (exact) mass is 849 g/mol. The van der Waals surface area contributed by atoms with Gasteiger partial charge in [-0.25, -0.2) is 4.57 Å². The Morgan fingerprint density at radius 2 is 1.33 bits per heavy atom. The second-order valence-corrected chi connectivity index (χ2v) is 18.0. The number of hydrogen-bond donors (Lipinski definition) is 6. The predicted molar refractivity (Wildman–Crippen MR) is 226 cm³/mol. The summed E-state index contributed by atoms with van der Waals surface area (Å²) in [6, 6.07) is 0. The minimum absolute atomic E-state index is 0.0665. The van der Waals surface area contributed by atoms with Crippen molar-refractivity contribution in [3.05, 3.63) is 24.3 Å². The molecule has 0 bridgehead atoms. The first-order valence-electron chi connectivity index (χ1n) is 22.4. The highest BCUT2D eigenvalue weighted by atomic mass is 31.2. The fourth-order valence-electron chi connectivity index (χ4n) is 7.05. The zero-order valence-corrected chi connectivity index (χ0v) is 36.9. The highest BCUT2D eigenvalue weighted by Gasteiger charge is 2.39. The van der Waals surface area contributed by atoms with Crippen LogP contribution in [0.25, 0.3) is 0 Å². The summed E-state index contributed by atoms with van der Waals surface area (Å²) in [5.74, 6) is -0.756. The second kappa shape index (κ2) is 34.0. The third-order valence-electron chi connectivity index (χ3n) is 10.6. The van der Waals surface area contributed by atoms with E-state index in [1.165, 1.54) is 57.8 Å². The Morgan fingerprint density at radius 1 is 0.741 bits per heavy atom. The van der Waals surface area contributed by atoms with Crippen LogP contribution in [0.4, 0.5) is 0 Å². The van der Waals surface area contributed by atoms with Gasteiger partial charge in [-0.05, 0) is 43.9 Å². The molecule has 0 heterocycles. The fourth-order valence-corrected chi connectivity index (χ4v) is 7.84. The van der Waals surface area contributed by atoms with E-state index in [2.05, 4.69) is 25.3 Å². The molecule has 0 saturated heterocycles. The van der Waals surface area contributed by atoms with Crippen LogP contribution in [0.5, 0.6) is 0 Å². The van der Waals surface area contributed by atoms with Crippen LogP contribution in [0, 0.1) is 17.8 Å². The van der Waals surface area contributed by atoms with Gasteiger partial charge in [-0.2, -0.15) is 0 Å². The number of aliphatic hydroxyl groups excluding tert-OH is 5. The van der Waals surface area contributed by atoms with Gasteiger partial charge in [0.1, 0.15) is 12.7 Å². The lowest BCUT2D eigenvalue weighted by Gasteiger charge is -2.20. The number of esters is 2. The molecule has 1 saturated carbocycles. The number of rotatable bonds is 37. The molecule has 1 aliphatic rings. The number of hydrogen-bond acceptors (Lipinski definition) is 12. The Kier molecular flexibility index (Phi) is 31.8. The van der Waals surface area contributed by atoms with Crippen LogP contribution in [0.2, 0.25) is 0 Å². The van der Waals surface area contributed by atoms with E-state index < -0.39 is 76.7 Å². The number of carbonyl (C=O) groups excluding carboxylic acids is 2. The quantitative estimate of drug-likeness (QED) is 0.0152. The van der Waals surface area contributed by atoms with Crippen molar-refractivity contribution in [2.45, 2.75) is 199 Å². The van der Waals surface area contributed by atoms with Gasteiger partial charge in [-0.3, -0.25) is 18.6 Å². The van der Waals surface area contributed by atoms with E-state index in [1.807, 2.05) is 18.2 Å². The van der Waals surface area contributed by atoms with Crippen molar-refractivity contribution in [3.8, 4) is 0 Å². The molecule has 340 valence electrons. The smallest absolute Gasteiger partial charge is 0.462 e. The van der Waals surface area contributed by atoms with E-state index >= 15 is 0 Å². The molecular formula is C44H81O13P. The van der Waals surface area contributed by atoms with Crippen molar-refractivity contribution < 1.29 is 63.1 Å². The number of allylic oxidation sites excluding steroid dienone is 2. The molecule has 1 unspecified atom stereocenters. The number of ether oxygens (including phenoxy) is 2. The summed E-state index contributed by atoms with van der Waals surface area (Å²) < 4.78 is 32.7. The molecule has 8 atom stereocenters. The summed E-state index contributed by atoms with van der Waals surface area (Å²) in [6.07, 6.45) is 23.9. The fraction of sp³-hybridized carbons (Fsp3) is 0.864. The summed E-state index contributed by atoms with van der Waals surface area (Å²) in [5, 5.41) is 49.6. The highest BCUT2D eigenvalue weighted by molar-refractivity contribution is 7.47. The summed E-state index contributed by atoms with van der Waals surface area (Å²) in [6.45, 7) is 4.32. The Labute approximate surface area is 349 Å². The van der Waals surface area contributed by atoms with Gasteiger partial charge in [-0.15, -0.1) is 0 Å². The SMILES string of the molecule is CCCCC[C@H](O)/C=C/[C@@H]1[C@@H](C/C=C/CCCC(=O)OC[C@H](COP(=O)(O)OC[C@@H](O)CO)OC(=O)CCCCCCCCCCCCCCC(C)C)[C@@H](O)C[C@H]1O. The van der Waals surface area contributed by atoms with E-state index in [0.29, 0.717) is 32.1 Å². The van der Waals surface area contributed by atoms with Crippen LogP contribution < -0.4 is 0 Å². The maximum absolute atomic E-state index is 12.7. The molecule has 0 aromatic rings. The summed E-state index contributed by atoms with van der Waals surface area (Å²) in [7, 11) is -4.68. The van der Waals surface area contributed by atoms with Gasteiger partial charge in [-0.1, -0.05) is 141 Å². The molecule has 14 heteroatoms. The molecule has 1 fully saturated rings. The van der Waals surface area contributed by atoms with Crippen LogP contribution in [0.1, 0.15) is 168 Å². The largest absolute Gasteiger partial charge is 0.472 e. The third-order valence-corrected chi connectivity index (χ3v) is 11.6. The summed E-state index contributed by atoms with van der Waals surface area (Å²) >= 11 is 0. The molecule has 0 aromatic carbocycles. The first-order valence-corrected chi connectivity index (χ1v) is 23.9. The van der Waals surface area contributed by atoms with Crippen LogP contribution in [0.15, 0.2) is 24.3 Å². The first-order chi connectivity index (χ1) is 27.8. The van der Waals surface area contributed by atoms with Crippen molar-refractivity contribution in [1.82, 2.24) is 0 Å². The first kappa shape index (κ1) is 54.3. The van der Waals surface area contributed by atoms with Gasteiger partial charge in [0.15, 0.2) is 6.10 Å². The average Bonchev–Trinajstić information content (AvgIpc) is 3.45. The third kappa shape index (κ3) is 28.7. The molecule has 58 heavy (non-hydrogen) atoms. The van der Waals surface area contributed by atoms with E-state index in [0.717, 1.165) is 44.4 Å². The molecule has 1 aliphatic carbocycles. The predicted octanol–water partition coefficient (Wildman–Crippen LogP) is 8.02. The Balaban J connectivity index is 2.46. The van der Waals surface area contributed by atoms with Crippen LogP contribution >= 0.6 is 7.82 Å². The molecule has 0 spiro atoms. The van der Waals surface area contributed by atoms with Crippen molar-refractivity contribution >= 4 is 19.8 Å². The normalized spacial score (nSPS) is 21.1. The van der Waals surface area contributed by atoms with E-state index in [9.17, 15) is 39.5 Å². The molecule has 13 nitrogen and oxygen atoms in total. The molecular weight excluding hydrogens is 767 g/mol. The minimum atomic E-state index is -4.68. The Hall–Kier alpha value is -1.67. The van der Waals surface area contributed by atoms with Crippen LogP contribution in [-0.4, -0.2) is 99.3 Å². The van der Waals surface area contributed by atoms with Gasteiger partial charge in [0.05, 0.1) is 38.1 Å². The number of aliphatic hydroxyl groups is 5. The average molecular weight is 849 g/mol. The van der Waals surface area contributed by atoms with E-state index in [1.54, 1.807) is 6.08 Å². The number of phosphoric ester groups is 1. The zero-order valence-electron chi connectivity index (χ0n) is 36.0. The molecule has 0 amide bonds. The lowest BCUT2D eigenvalue weighted by Crippen LogP contribution is -2.29. The van der Waals surface area contributed by atoms with Crippen molar-refractivity contribution in [3.63, 3.8) is 0 Å². The van der Waals surface area contributed by atoms with Crippen molar-refractivity contribution in [2.24, 2.45) is 17.8 Å². The maximum atomic E-state index is 12.7. The minimum Gasteiger partial charge on any atom is -0.462 e. The topological polar surface area (TPSA) is 210 Å². The Bertz CT molecular complexity index is 1150. The van der Waals surface area contributed by atoms with Crippen LogP contribution in [-0.2, 0) is 32.7 Å². The standard InChI is InChI=1S/C44H81O13P/c1-4-5-18-24-36(46)28-29-40-39(41(48)30-42(40)49)25-20-16-17-21-26-43(50)54-33-38(34-56-58(52,53)55-32-37(47)31-45)57-44(51)27-22-15-13-11-9-7-6-8-10-12-14-19-23-35(2)3/h16,20,28-29,35-42,45-49H,4-15,17-19,21-27,30-34H2,1-3H3,(H,52,53)/b20-16+,29-28+/t36-,37-,38+,39+,40+,41-,42+/m0/s1. The molecule has 0 aromatic heterocycles. The van der Waals surface area contributed by atoms with Gasteiger partial charge >= 0.3 is 19.8 Å². The second-order valence-electron chi connectivity index (χ2n) is 16.5. The maximum Gasteiger partial charge on any atom is 0.472 e. The van der Waals surface area contributed by atoms with Gasteiger partial charge in [0, 0.05) is 25.2 Å². The lowest BCUT2D eigenvalue weighted by atomic mass is 9.89. The van der Waals surface area contributed by atoms with E-state index in [4.69, 9.17) is 19.1 Å². The highest BCUT2D eigenvalue weighted by Crippen LogP contribution is 2.43. The summed E-state index contributed by atoms with van der Waals surface area (Å²) in [4.78, 5) is 35.2. The van der Waals surface area contributed by atoms with Gasteiger partial charge < -0.3 is 39.9 Å². The summed E-state index contributed by atoms with van der Waals surface area (Å²) in [5.41, 5.74) is 0. The van der Waals surface area contributed by atoms with Crippen molar-refractivity contribution in [2.75, 3.05) is 26.4 Å². The molecule has 0 radical (unpaired) electrons. The Morgan fingerprint density at radius 3 is 1.95 bits per heavy atom. The van der Waals surface area contributed by atoms with E-state index in [-0.39, 0.29) is 31.1 Å². The number of carbonyl (C=O) groups is 2. The molecule has 6 N–H and O–H groups in total.